The Kier molecular flexibility index (Phi) is 5.35. The first kappa shape index (κ1) is 9.72. The van der Waals surface area contributed by atoms with E-state index in [2.05, 4.69) is 6.58 Å². The average molecular weight is 160 g/mol. The molecule has 0 spiro atoms. The summed E-state index contributed by atoms with van der Waals surface area (Å²) in [5.41, 5.74) is 0. The lowest BCUT2D eigenvalue weighted by atomic mass is 10.3. The summed E-state index contributed by atoms with van der Waals surface area (Å²) in [5, 5.41) is 8.92. The van der Waals surface area contributed by atoms with E-state index in [-0.39, 0.29) is 11.2 Å². The zero-order chi connectivity index (χ0) is 7.98. The average Bonchev–Trinajstić information content (AvgIpc) is 1.99. The van der Waals surface area contributed by atoms with E-state index >= 15 is 0 Å². The predicted octanol–water partition coefficient (Wildman–Crippen LogP) is 1.20. The third-order valence-corrected chi connectivity index (χ3v) is 2.06. The topological polar surface area (TPSA) is 37.3 Å². The normalized spacial score (nSPS) is 12.6. The molecule has 1 atom stereocenters. The minimum atomic E-state index is -0.367. The Bertz CT molecular complexity index is 123. The Balaban J connectivity index is 3.34. The minimum Gasteiger partial charge on any atom is -0.392 e. The molecule has 0 aliphatic heterocycles. The van der Waals surface area contributed by atoms with Crippen LogP contribution >= 0.6 is 11.8 Å². The maximum Gasteiger partial charge on any atom is 0.211 e. The van der Waals surface area contributed by atoms with E-state index in [9.17, 15) is 4.79 Å². The maximum absolute atomic E-state index is 10.6. The summed E-state index contributed by atoms with van der Waals surface area (Å²) in [6.45, 7) is 5.19. The molecule has 0 aliphatic rings. The number of thioether (sulfide) groups is 1. The van der Waals surface area contributed by atoms with Gasteiger partial charge in [-0.3, -0.25) is 4.79 Å². The second-order valence-corrected chi connectivity index (χ2v) is 2.92. The van der Waals surface area contributed by atoms with Crippen molar-refractivity contribution in [2.45, 2.75) is 19.4 Å². The molecular formula is C7H12O2S. The highest BCUT2D eigenvalue weighted by Crippen LogP contribution is 2.06. The van der Waals surface area contributed by atoms with Crippen LogP contribution in [0.15, 0.2) is 12.7 Å². The van der Waals surface area contributed by atoms with Gasteiger partial charge in [-0.2, -0.15) is 0 Å². The molecule has 0 radical (unpaired) electrons. The van der Waals surface area contributed by atoms with Crippen molar-refractivity contribution in [1.82, 2.24) is 0 Å². The Morgan fingerprint density at radius 3 is 2.90 bits per heavy atom. The number of rotatable bonds is 4. The van der Waals surface area contributed by atoms with Gasteiger partial charge in [0.1, 0.15) is 0 Å². The van der Waals surface area contributed by atoms with Gasteiger partial charge in [0.2, 0.25) is 5.12 Å². The number of carbonyl (C=O) groups excluding carboxylic acids is 1. The summed E-state index contributed by atoms with van der Waals surface area (Å²) in [4.78, 5) is 10.6. The molecular weight excluding hydrogens is 148 g/mol. The second-order valence-electron chi connectivity index (χ2n) is 1.90. The van der Waals surface area contributed by atoms with Crippen LogP contribution in [0.2, 0.25) is 0 Å². The van der Waals surface area contributed by atoms with Gasteiger partial charge < -0.3 is 5.11 Å². The van der Waals surface area contributed by atoms with Gasteiger partial charge in [-0.05, 0) is 12.5 Å². The number of aliphatic hydroxyl groups is 1. The van der Waals surface area contributed by atoms with E-state index in [4.69, 9.17) is 5.11 Å². The molecule has 0 saturated carbocycles. The number of carbonyl (C=O) groups is 1. The zero-order valence-electron chi connectivity index (χ0n) is 6.04. The smallest absolute Gasteiger partial charge is 0.211 e. The predicted molar refractivity (Wildman–Crippen MR) is 44.0 cm³/mol. The molecule has 0 aromatic carbocycles. The quantitative estimate of drug-likeness (QED) is 0.628. The van der Waals surface area contributed by atoms with E-state index in [1.807, 2.05) is 6.92 Å². The van der Waals surface area contributed by atoms with Crippen LogP contribution in [0, 0.1) is 0 Å². The molecule has 1 N–H and O–H groups in total. The third kappa shape index (κ3) is 4.58. The van der Waals surface area contributed by atoms with E-state index in [0.717, 1.165) is 11.8 Å². The van der Waals surface area contributed by atoms with Crippen molar-refractivity contribution in [2.75, 3.05) is 5.75 Å². The summed E-state index contributed by atoms with van der Waals surface area (Å²) >= 11 is 1.10. The van der Waals surface area contributed by atoms with Crippen molar-refractivity contribution in [2.24, 2.45) is 0 Å². The Morgan fingerprint density at radius 1 is 1.90 bits per heavy atom. The minimum absolute atomic E-state index is 0.0764. The van der Waals surface area contributed by atoms with Gasteiger partial charge in [0.15, 0.2) is 0 Å². The van der Waals surface area contributed by atoms with Crippen LogP contribution in [0.3, 0.4) is 0 Å². The molecule has 0 heterocycles. The number of aliphatic hydroxyl groups excluding tert-OH is 1. The van der Waals surface area contributed by atoms with E-state index in [0.29, 0.717) is 12.2 Å². The summed E-state index contributed by atoms with van der Waals surface area (Å²) in [7, 11) is 0. The Labute approximate surface area is 65.3 Å². The van der Waals surface area contributed by atoms with E-state index in [1.54, 1.807) is 0 Å². The van der Waals surface area contributed by atoms with Crippen LogP contribution in [0.1, 0.15) is 13.3 Å². The molecule has 0 saturated heterocycles. The van der Waals surface area contributed by atoms with Crippen molar-refractivity contribution in [3.63, 3.8) is 0 Å². The molecule has 0 fully saturated rings. The van der Waals surface area contributed by atoms with Gasteiger partial charge in [-0.25, -0.2) is 0 Å². The largest absolute Gasteiger partial charge is 0.392 e. The van der Waals surface area contributed by atoms with E-state index in [1.165, 1.54) is 6.08 Å². The molecule has 1 unspecified atom stereocenters. The van der Waals surface area contributed by atoms with E-state index < -0.39 is 0 Å². The van der Waals surface area contributed by atoms with Gasteiger partial charge in [-0.15, -0.1) is 0 Å². The molecule has 0 aliphatic carbocycles. The van der Waals surface area contributed by atoms with Gasteiger partial charge >= 0.3 is 0 Å². The van der Waals surface area contributed by atoms with Crippen molar-refractivity contribution in [3.8, 4) is 0 Å². The lowest BCUT2D eigenvalue weighted by Crippen LogP contribution is -2.08. The Hall–Kier alpha value is -0.280. The molecule has 0 rings (SSSR count). The van der Waals surface area contributed by atoms with Crippen LogP contribution < -0.4 is 0 Å². The highest BCUT2D eigenvalue weighted by Gasteiger charge is 2.02. The fraction of sp³-hybridized carbons (Fsp3) is 0.571. The lowest BCUT2D eigenvalue weighted by Gasteiger charge is -2.03. The molecule has 10 heavy (non-hydrogen) atoms. The summed E-state index contributed by atoms with van der Waals surface area (Å²) in [6, 6.07) is 0. The highest BCUT2D eigenvalue weighted by atomic mass is 32.2. The van der Waals surface area contributed by atoms with Crippen molar-refractivity contribution < 1.29 is 9.90 Å². The summed E-state index contributed by atoms with van der Waals surface area (Å²) in [5.74, 6) is 0.474. The van der Waals surface area contributed by atoms with Crippen LogP contribution in [-0.4, -0.2) is 22.1 Å². The SMILES string of the molecule is C=CC(=O)SCC(O)CC. The first-order chi connectivity index (χ1) is 4.70. The first-order valence-corrected chi connectivity index (χ1v) is 4.16. The van der Waals surface area contributed by atoms with Crippen LogP contribution in [0.4, 0.5) is 0 Å². The monoisotopic (exact) mass is 160 g/mol. The summed E-state index contributed by atoms with van der Waals surface area (Å²) < 4.78 is 0. The molecule has 0 bridgehead atoms. The highest BCUT2D eigenvalue weighted by molar-refractivity contribution is 8.14. The molecule has 2 nitrogen and oxygen atoms in total. The Morgan fingerprint density at radius 2 is 2.50 bits per heavy atom. The fourth-order valence-corrected chi connectivity index (χ4v) is 1.07. The van der Waals surface area contributed by atoms with Crippen molar-refractivity contribution >= 4 is 16.9 Å². The van der Waals surface area contributed by atoms with Gasteiger partial charge in [0.25, 0.3) is 0 Å². The standard InChI is InChI=1S/C7H12O2S/c1-3-6(8)5-10-7(9)4-2/h4,6,8H,2-3,5H2,1H3. The van der Waals surface area contributed by atoms with Gasteiger partial charge in [0.05, 0.1) is 6.10 Å². The number of hydrogen-bond acceptors (Lipinski definition) is 3. The first-order valence-electron chi connectivity index (χ1n) is 3.18. The zero-order valence-corrected chi connectivity index (χ0v) is 6.86. The van der Waals surface area contributed by atoms with Gasteiger partial charge in [-0.1, -0.05) is 25.3 Å². The fourth-order valence-electron chi connectivity index (χ4n) is 0.355. The second kappa shape index (κ2) is 5.50. The molecule has 0 amide bonds. The van der Waals surface area contributed by atoms with Gasteiger partial charge in [0, 0.05) is 5.75 Å². The summed E-state index contributed by atoms with van der Waals surface area (Å²) in [6.07, 6.45) is 1.58. The third-order valence-electron chi connectivity index (χ3n) is 1.06. The number of hydrogen-bond donors (Lipinski definition) is 1. The van der Waals surface area contributed by atoms with Crippen molar-refractivity contribution in [3.05, 3.63) is 12.7 Å². The van der Waals surface area contributed by atoms with Crippen molar-refractivity contribution in [1.29, 1.82) is 0 Å². The van der Waals surface area contributed by atoms with Crippen LogP contribution in [0.5, 0.6) is 0 Å². The van der Waals surface area contributed by atoms with Crippen LogP contribution in [-0.2, 0) is 4.79 Å². The van der Waals surface area contributed by atoms with Crippen LogP contribution in [0.25, 0.3) is 0 Å². The molecule has 0 aromatic heterocycles. The maximum atomic E-state index is 10.6. The molecule has 0 aromatic rings. The molecule has 58 valence electrons. The molecule has 3 heteroatoms. The lowest BCUT2D eigenvalue weighted by molar-refractivity contribution is -0.107.